The predicted octanol–water partition coefficient (Wildman–Crippen LogP) is 3.71. The molecule has 0 spiro atoms. The van der Waals surface area contributed by atoms with Gasteiger partial charge in [0.2, 0.25) is 0 Å². The first kappa shape index (κ1) is 20.2. The number of carboxylic acids is 1. The molecular formula is C20H24N2O5. The number of hydrogen-bond acceptors (Lipinski definition) is 4. The third-order valence-electron chi connectivity index (χ3n) is 4.33. The van der Waals surface area contributed by atoms with Crippen molar-refractivity contribution in [1.82, 2.24) is 5.32 Å². The SMILES string of the molecule is CCc1oc(C(=O)Nc2ccc(C(=O)NC(C)(C)CC)cc2)cc1C(=O)O. The Kier molecular flexibility index (Phi) is 6.05. The van der Waals surface area contributed by atoms with Crippen molar-refractivity contribution in [2.24, 2.45) is 0 Å². The predicted molar refractivity (Wildman–Crippen MR) is 101 cm³/mol. The van der Waals surface area contributed by atoms with Crippen LogP contribution >= 0.6 is 0 Å². The van der Waals surface area contributed by atoms with Gasteiger partial charge in [0.15, 0.2) is 5.76 Å². The highest BCUT2D eigenvalue weighted by atomic mass is 16.4. The van der Waals surface area contributed by atoms with Crippen LogP contribution in [0.3, 0.4) is 0 Å². The van der Waals surface area contributed by atoms with Crippen LogP contribution in [0.5, 0.6) is 0 Å². The molecule has 2 aromatic rings. The highest BCUT2D eigenvalue weighted by Crippen LogP contribution is 2.19. The minimum absolute atomic E-state index is 0.0202. The Morgan fingerprint density at radius 3 is 2.19 bits per heavy atom. The van der Waals surface area contributed by atoms with E-state index >= 15 is 0 Å². The number of aryl methyl sites for hydroxylation is 1. The van der Waals surface area contributed by atoms with Gasteiger partial charge in [0, 0.05) is 29.3 Å². The third kappa shape index (κ3) is 4.97. The fourth-order valence-electron chi connectivity index (χ4n) is 2.35. The number of aromatic carboxylic acids is 1. The van der Waals surface area contributed by atoms with Crippen molar-refractivity contribution in [3.8, 4) is 0 Å². The molecule has 7 heteroatoms. The summed E-state index contributed by atoms with van der Waals surface area (Å²) in [5.74, 6) is -1.71. The first-order valence-electron chi connectivity index (χ1n) is 8.76. The van der Waals surface area contributed by atoms with Crippen LogP contribution in [0.1, 0.15) is 71.1 Å². The molecule has 0 aliphatic carbocycles. The molecule has 0 unspecified atom stereocenters. The van der Waals surface area contributed by atoms with Crippen LogP contribution in [0.4, 0.5) is 5.69 Å². The average Bonchev–Trinajstić information content (AvgIpc) is 3.07. The average molecular weight is 372 g/mol. The summed E-state index contributed by atoms with van der Waals surface area (Å²) in [5, 5.41) is 14.7. The zero-order valence-electron chi connectivity index (χ0n) is 15.9. The van der Waals surface area contributed by atoms with E-state index in [1.807, 2.05) is 20.8 Å². The Bertz CT molecular complexity index is 850. The van der Waals surface area contributed by atoms with Crippen LogP contribution in [0.25, 0.3) is 0 Å². The van der Waals surface area contributed by atoms with Gasteiger partial charge in [-0.15, -0.1) is 0 Å². The zero-order valence-corrected chi connectivity index (χ0v) is 15.9. The normalized spacial score (nSPS) is 11.1. The van der Waals surface area contributed by atoms with Crippen LogP contribution in [-0.4, -0.2) is 28.4 Å². The molecule has 0 bridgehead atoms. The third-order valence-corrected chi connectivity index (χ3v) is 4.33. The van der Waals surface area contributed by atoms with Crippen LogP contribution in [0.2, 0.25) is 0 Å². The lowest BCUT2D eigenvalue weighted by molar-refractivity contribution is 0.0693. The van der Waals surface area contributed by atoms with Gasteiger partial charge >= 0.3 is 5.97 Å². The van der Waals surface area contributed by atoms with E-state index in [1.165, 1.54) is 6.07 Å². The monoisotopic (exact) mass is 372 g/mol. The van der Waals surface area contributed by atoms with Gasteiger partial charge < -0.3 is 20.2 Å². The summed E-state index contributed by atoms with van der Waals surface area (Å²) in [7, 11) is 0. The molecule has 1 aromatic carbocycles. The van der Waals surface area contributed by atoms with Crippen molar-refractivity contribution in [3.63, 3.8) is 0 Å². The molecule has 0 aliphatic heterocycles. The van der Waals surface area contributed by atoms with E-state index in [2.05, 4.69) is 10.6 Å². The molecule has 0 fully saturated rings. The molecule has 0 saturated heterocycles. The van der Waals surface area contributed by atoms with Crippen molar-refractivity contribution in [3.05, 3.63) is 53.0 Å². The summed E-state index contributed by atoms with van der Waals surface area (Å²) in [6, 6.07) is 7.64. The van der Waals surface area contributed by atoms with E-state index in [0.717, 1.165) is 6.42 Å². The second kappa shape index (κ2) is 8.07. The molecule has 3 N–H and O–H groups in total. The Morgan fingerprint density at radius 1 is 1.07 bits per heavy atom. The summed E-state index contributed by atoms with van der Waals surface area (Å²) in [6.45, 7) is 7.63. The van der Waals surface area contributed by atoms with E-state index in [-0.39, 0.29) is 28.5 Å². The van der Waals surface area contributed by atoms with Crippen LogP contribution in [0.15, 0.2) is 34.7 Å². The van der Waals surface area contributed by atoms with Crippen molar-refractivity contribution >= 4 is 23.5 Å². The van der Waals surface area contributed by atoms with Gasteiger partial charge in [-0.05, 0) is 44.5 Å². The molecule has 1 aromatic heterocycles. The molecule has 2 amide bonds. The van der Waals surface area contributed by atoms with E-state index in [0.29, 0.717) is 17.7 Å². The largest absolute Gasteiger partial charge is 0.478 e. The molecule has 7 nitrogen and oxygen atoms in total. The standard InChI is InChI=1S/C20H24N2O5/c1-5-15-14(19(25)26)11-16(27-15)18(24)21-13-9-7-12(8-10-13)17(23)22-20(3,4)6-2/h7-11H,5-6H2,1-4H3,(H,21,24)(H,22,23)(H,25,26). The highest BCUT2D eigenvalue weighted by Gasteiger charge is 2.21. The second-order valence-corrected chi connectivity index (χ2v) is 6.83. The van der Waals surface area contributed by atoms with Crippen molar-refractivity contribution in [1.29, 1.82) is 0 Å². The Morgan fingerprint density at radius 2 is 1.70 bits per heavy atom. The molecular weight excluding hydrogens is 348 g/mol. The highest BCUT2D eigenvalue weighted by molar-refractivity contribution is 6.04. The van der Waals surface area contributed by atoms with Crippen molar-refractivity contribution in [2.75, 3.05) is 5.32 Å². The number of carbonyl (C=O) groups excluding carboxylic acids is 2. The summed E-state index contributed by atoms with van der Waals surface area (Å²) < 4.78 is 5.33. The van der Waals surface area contributed by atoms with Gasteiger partial charge in [-0.2, -0.15) is 0 Å². The maximum absolute atomic E-state index is 12.3. The fourth-order valence-corrected chi connectivity index (χ4v) is 2.35. The number of benzene rings is 1. The van der Waals surface area contributed by atoms with Gasteiger partial charge in [0.25, 0.3) is 11.8 Å². The quantitative estimate of drug-likeness (QED) is 0.686. The molecule has 27 heavy (non-hydrogen) atoms. The maximum Gasteiger partial charge on any atom is 0.339 e. The molecule has 0 saturated carbocycles. The summed E-state index contributed by atoms with van der Waals surface area (Å²) in [4.78, 5) is 35.7. The first-order chi connectivity index (χ1) is 12.7. The van der Waals surface area contributed by atoms with E-state index in [4.69, 9.17) is 9.52 Å². The maximum atomic E-state index is 12.3. The lowest BCUT2D eigenvalue weighted by Crippen LogP contribution is -2.42. The van der Waals surface area contributed by atoms with Gasteiger partial charge in [-0.1, -0.05) is 13.8 Å². The van der Waals surface area contributed by atoms with Gasteiger partial charge in [0.05, 0.1) is 0 Å². The lowest BCUT2D eigenvalue weighted by Gasteiger charge is -2.24. The smallest absolute Gasteiger partial charge is 0.339 e. The Labute approximate surface area is 157 Å². The molecule has 0 atom stereocenters. The second-order valence-electron chi connectivity index (χ2n) is 6.83. The minimum Gasteiger partial charge on any atom is -0.478 e. The number of hydrogen-bond donors (Lipinski definition) is 3. The lowest BCUT2D eigenvalue weighted by atomic mass is 10.0. The Hall–Kier alpha value is -3.09. The number of furan rings is 1. The molecule has 2 rings (SSSR count). The summed E-state index contributed by atoms with van der Waals surface area (Å²) in [6.07, 6.45) is 1.17. The van der Waals surface area contributed by atoms with Gasteiger partial charge in [-0.25, -0.2) is 4.79 Å². The molecule has 1 heterocycles. The van der Waals surface area contributed by atoms with Crippen molar-refractivity contribution in [2.45, 2.75) is 46.1 Å². The first-order valence-corrected chi connectivity index (χ1v) is 8.76. The van der Waals surface area contributed by atoms with Crippen LogP contribution in [0, 0.1) is 0 Å². The van der Waals surface area contributed by atoms with E-state index in [9.17, 15) is 14.4 Å². The summed E-state index contributed by atoms with van der Waals surface area (Å²) in [5.41, 5.74) is 0.627. The van der Waals surface area contributed by atoms with Gasteiger partial charge in [0.1, 0.15) is 11.3 Å². The van der Waals surface area contributed by atoms with E-state index in [1.54, 1.807) is 31.2 Å². The topological polar surface area (TPSA) is 109 Å². The number of rotatable bonds is 7. The number of nitrogens with one attached hydrogen (secondary N) is 2. The van der Waals surface area contributed by atoms with Crippen LogP contribution in [-0.2, 0) is 6.42 Å². The summed E-state index contributed by atoms with van der Waals surface area (Å²) >= 11 is 0. The number of carboxylic acid groups (broad SMARTS) is 1. The fraction of sp³-hybridized carbons (Fsp3) is 0.350. The molecule has 0 radical (unpaired) electrons. The van der Waals surface area contributed by atoms with Crippen molar-refractivity contribution < 1.29 is 23.9 Å². The molecule has 144 valence electrons. The molecule has 0 aliphatic rings. The zero-order chi connectivity index (χ0) is 20.2. The van der Waals surface area contributed by atoms with Crippen LogP contribution < -0.4 is 10.6 Å². The minimum atomic E-state index is -1.14. The number of amides is 2. The van der Waals surface area contributed by atoms with E-state index < -0.39 is 11.9 Å². The number of carbonyl (C=O) groups is 3. The number of anilines is 1. The Balaban J connectivity index is 2.09. The van der Waals surface area contributed by atoms with Gasteiger partial charge in [-0.3, -0.25) is 9.59 Å².